The minimum Gasteiger partial charge on any atom is -0.502 e. The molecule has 0 radical (unpaired) electrons. The number of phenols is 1. The second-order valence-electron chi connectivity index (χ2n) is 14.8. The minimum atomic E-state index is -1.02. The number of fused-ring (bicyclic) bond motifs is 2. The number of benzene rings is 3. The Bertz CT molecular complexity index is 1730. The fourth-order valence-corrected chi connectivity index (χ4v) is 8.93. The van der Waals surface area contributed by atoms with Crippen molar-refractivity contribution in [2.75, 3.05) is 39.8 Å². The SMILES string of the molecule is CCN[C@@]1(Oc2cc(OC)c3c4c2[C@@H](O)Nc2cc5c(c(c2-4)CC3)[C@@H](O)[C@H](c2cc(OC)c(O)c(OC)c2)CO5)CCC[C@H](CCC(C)C)C1. The molecule has 5 atom stereocenters. The van der Waals surface area contributed by atoms with Gasteiger partial charge in [-0.25, -0.2) is 0 Å². The summed E-state index contributed by atoms with van der Waals surface area (Å²) < 4.78 is 30.4. The highest BCUT2D eigenvalue weighted by atomic mass is 16.5. The van der Waals surface area contributed by atoms with Crippen molar-refractivity contribution < 1.29 is 39.0 Å². The molecule has 0 saturated heterocycles. The van der Waals surface area contributed by atoms with Gasteiger partial charge in [-0.1, -0.05) is 40.0 Å². The summed E-state index contributed by atoms with van der Waals surface area (Å²) in [4.78, 5) is 0. The van der Waals surface area contributed by atoms with Gasteiger partial charge in [-0.05, 0) is 60.9 Å². The number of hydrogen-bond donors (Lipinski definition) is 5. The van der Waals surface area contributed by atoms with Crippen LogP contribution in [0.2, 0.25) is 0 Å². The highest BCUT2D eigenvalue weighted by Gasteiger charge is 2.44. The number of aromatic hydroxyl groups is 1. The summed E-state index contributed by atoms with van der Waals surface area (Å²) in [7, 11) is 4.66. The molecule has 4 aliphatic rings. The van der Waals surface area contributed by atoms with Crippen molar-refractivity contribution in [2.24, 2.45) is 11.8 Å². The van der Waals surface area contributed by atoms with Crippen molar-refractivity contribution in [2.45, 2.75) is 96.1 Å². The molecule has 10 nitrogen and oxygen atoms in total. The zero-order valence-electron chi connectivity index (χ0n) is 30.2. The molecule has 0 unspecified atom stereocenters. The Hall–Kier alpha value is -3.86. The summed E-state index contributed by atoms with van der Waals surface area (Å²) in [6.45, 7) is 7.67. The van der Waals surface area contributed by atoms with Crippen molar-refractivity contribution in [1.29, 1.82) is 0 Å². The molecule has 7 rings (SSSR count). The number of phenolic OH excluding ortho intramolecular Hbond substituents is 1. The van der Waals surface area contributed by atoms with E-state index in [2.05, 4.69) is 31.4 Å². The molecule has 1 fully saturated rings. The number of rotatable bonds is 11. The van der Waals surface area contributed by atoms with Gasteiger partial charge < -0.3 is 44.3 Å². The van der Waals surface area contributed by atoms with Crippen molar-refractivity contribution >= 4 is 5.69 Å². The molecule has 0 spiro atoms. The number of hydrogen-bond acceptors (Lipinski definition) is 10. The van der Waals surface area contributed by atoms with Gasteiger partial charge in [0.05, 0.1) is 39.6 Å². The van der Waals surface area contributed by atoms with E-state index in [4.69, 9.17) is 23.7 Å². The summed E-state index contributed by atoms with van der Waals surface area (Å²) in [5, 5.41) is 41.6. The van der Waals surface area contributed by atoms with E-state index < -0.39 is 24.0 Å². The molecule has 0 amide bonds. The Labute approximate surface area is 295 Å². The van der Waals surface area contributed by atoms with Crippen LogP contribution in [-0.4, -0.2) is 55.5 Å². The first-order chi connectivity index (χ1) is 24.1. The molecule has 3 aromatic carbocycles. The quantitative estimate of drug-likeness (QED) is 0.133. The lowest BCUT2D eigenvalue weighted by molar-refractivity contribution is -0.0244. The van der Waals surface area contributed by atoms with Crippen molar-refractivity contribution in [3.05, 3.63) is 52.1 Å². The monoisotopic (exact) mass is 688 g/mol. The Morgan fingerprint density at radius 2 is 1.66 bits per heavy atom. The van der Waals surface area contributed by atoms with Crippen LogP contribution in [0, 0.1) is 11.8 Å². The average molecular weight is 689 g/mol. The number of nitrogens with one attached hydrogen (secondary N) is 2. The smallest absolute Gasteiger partial charge is 0.200 e. The van der Waals surface area contributed by atoms with Crippen molar-refractivity contribution in [1.82, 2.24) is 5.32 Å². The largest absolute Gasteiger partial charge is 0.502 e. The van der Waals surface area contributed by atoms with E-state index in [1.165, 1.54) is 33.5 Å². The van der Waals surface area contributed by atoms with Crippen molar-refractivity contribution in [3.63, 3.8) is 0 Å². The third kappa shape index (κ3) is 5.89. The summed E-state index contributed by atoms with van der Waals surface area (Å²) in [5.74, 6) is 3.15. The van der Waals surface area contributed by atoms with Gasteiger partial charge in [-0.15, -0.1) is 0 Å². The van der Waals surface area contributed by atoms with Gasteiger partial charge in [0.15, 0.2) is 23.5 Å². The first-order valence-corrected chi connectivity index (χ1v) is 18.2. The second kappa shape index (κ2) is 13.7. The number of ether oxygens (including phenoxy) is 5. The molecule has 0 bridgehead atoms. The summed E-state index contributed by atoms with van der Waals surface area (Å²) in [6, 6.07) is 7.31. The number of aliphatic hydroxyl groups excluding tert-OH is 2. The van der Waals surface area contributed by atoms with E-state index in [0.717, 1.165) is 70.6 Å². The van der Waals surface area contributed by atoms with Gasteiger partial charge in [0.2, 0.25) is 5.75 Å². The van der Waals surface area contributed by atoms with Crippen molar-refractivity contribution in [3.8, 4) is 45.6 Å². The van der Waals surface area contributed by atoms with Gasteiger partial charge in [0.25, 0.3) is 0 Å². The van der Waals surface area contributed by atoms with Crippen LogP contribution >= 0.6 is 0 Å². The third-order valence-electron chi connectivity index (χ3n) is 11.3. The molecule has 2 aliphatic carbocycles. The Morgan fingerprint density at radius 3 is 2.34 bits per heavy atom. The van der Waals surface area contributed by atoms with Crippen LogP contribution in [0.1, 0.15) is 105 Å². The maximum Gasteiger partial charge on any atom is 0.200 e. The second-order valence-corrected chi connectivity index (χ2v) is 14.8. The molecular weight excluding hydrogens is 636 g/mol. The molecule has 5 N–H and O–H groups in total. The minimum absolute atomic E-state index is 0.0921. The van der Waals surface area contributed by atoms with Gasteiger partial charge in [0, 0.05) is 58.8 Å². The van der Waals surface area contributed by atoms with E-state index in [9.17, 15) is 15.3 Å². The normalized spacial score (nSPS) is 24.8. The molecule has 10 heteroatoms. The van der Waals surface area contributed by atoms with Gasteiger partial charge in [-0.3, -0.25) is 5.32 Å². The van der Waals surface area contributed by atoms with E-state index in [1.54, 1.807) is 19.2 Å². The van der Waals surface area contributed by atoms with Crippen LogP contribution in [0.4, 0.5) is 5.69 Å². The zero-order chi connectivity index (χ0) is 35.3. The van der Waals surface area contributed by atoms with Crippen LogP contribution < -0.4 is 34.3 Å². The standard InChI is InChI=1S/C40H52N2O8/c1-7-41-40(14-8-9-22(19-40)11-10-21(2)3)50-30-18-28(46-4)24-12-13-25-33-27(42-39(45)36(30)35(24)33)17-29-34(25)37(43)26(20-49-29)23-15-31(47-5)38(44)32(16-23)48-6/h15-18,21-22,26,37,39,41-45H,7-14,19-20H2,1-6H3/t22-,26+,37+,39-,40-/m1/s1. The molecular formula is C40H52N2O8. The van der Waals surface area contributed by atoms with Crippen LogP contribution in [0.15, 0.2) is 24.3 Å². The molecule has 0 aromatic heterocycles. The predicted molar refractivity (Wildman–Crippen MR) is 192 cm³/mol. The van der Waals surface area contributed by atoms with E-state index in [0.29, 0.717) is 41.7 Å². The molecule has 2 heterocycles. The van der Waals surface area contributed by atoms with Gasteiger partial charge in [-0.2, -0.15) is 0 Å². The van der Waals surface area contributed by atoms with Gasteiger partial charge in [0.1, 0.15) is 17.2 Å². The first-order valence-electron chi connectivity index (χ1n) is 18.2. The molecule has 3 aromatic rings. The molecule has 270 valence electrons. The van der Waals surface area contributed by atoms with E-state index >= 15 is 0 Å². The van der Waals surface area contributed by atoms with Gasteiger partial charge >= 0.3 is 0 Å². The third-order valence-corrected chi connectivity index (χ3v) is 11.3. The fourth-order valence-electron chi connectivity index (χ4n) is 8.93. The van der Waals surface area contributed by atoms with Crippen LogP contribution in [0.3, 0.4) is 0 Å². The molecule has 1 saturated carbocycles. The lowest BCUT2D eigenvalue weighted by Gasteiger charge is -2.44. The van der Waals surface area contributed by atoms with Crippen LogP contribution in [-0.2, 0) is 12.8 Å². The average Bonchev–Trinajstić information content (AvgIpc) is 3.10. The van der Waals surface area contributed by atoms with Crippen LogP contribution in [0.5, 0.6) is 34.5 Å². The highest BCUT2D eigenvalue weighted by molar-refractivity contribution is 5.93. The number of aliphatic hydroxyl groups is 2. The summed E-state index contributed by atoms with van der Waals surface area (Å²) in [5.41, 5.74) is 6.22. The first kappa shape index (κ1) is 34.6. The number of methoxy groups -OCH3 is 3. The number of anilines is 1. The Balaban J connectivity index is 1.32. The lowest BCUT2D eigenvalue weighted by Crippen LogP contribution is -2.53. The zero-order valence-corrected chi connectivity index (χ0v) is 30.2. The predicted octanol–water partition coefficient (Wildman–Crippen LogP) is 7.12. The Morgan fingerprint density at radius 1 is 0.940 bits per heavy atom. The van der Waals surface area contributed by atoms with E-state index in [-0.39, 0.29) is 23.9 Å². The summed E-state index contributed by atoms with van der Waals surface area (Å²) in [6.07, 6.45) is 5.83. The summed E-state index contributed by atoms with van der Waals surface area (Å²) >= 11 is 0. The fraction of sp³-hybridized carbons (Fsp3) is 0.550. The Kier molecular flexibility index (Phi) is 9.47. The maximum atomic E-state index is 12.1. The molecule has 50 heavy (non-hydrogen) atoms. The van der Waals surface area contributed by atoms with E-state index in [1.807, 2.05) is 12.1 Å². The highest BCUT2D eigenvalue weighted by Crippen LogP contribution is 2.58. The van der Waals surface area contributed by atoms with Crippen LogP contribution in [0.25, 0.3) is 11.1 Å². The molecule has 2 aliphatic heterocycles. The maximum absolute atomic E-state index is 12.1. The lowest BCUT2D eigenvalue weighted by atomic mass is 9.74. The topological polar surface area (TPSA) is 131 Å².